The van der Waals surface area contributed by atoms with Gasteiger partial charge in [0.2, 0.25) is 6.71 Å². The molecule has 0 aromatic heterocycles. The third-order valence-corrected chi connectivity index (χ3v) is 17.3. The highest BCUT2D eigenvalue weighted by Gasteiger charge is 2.55. The van der Waals surface area contributed by atoms with Crippen molar-refractivity contribution >= 4 is 40.2 Å². The van der Waals surface area contributed by atoms with Gasteiger partial charge < -0.3 is 9.64 Å². The molecule has 1 spiro atoms. The number of rotatable bonds is 5. The van der Waals surface area contributed by atoms with Gasteiger partial charge in [0.25, 0.3) is 0 Å². The number of ether oxygens (including phenoxy) is 1. The molecule has 0 saturated heterocycles. The van der Waals surface area contributed by atoms with Crippen LogP contribution in [0.2, 0.25) is 0 Å². The lowest BCUT2D eigenvalue weighted by Crippen LogP contribution is -2.65. The van der Waals surface area contributed by atoms with Crippen LogP contribution in [0.4, 0.5) is 17.1 Å². The zero-order valence-electron chi connectivity index (χ0n) is 53.3. The number of para-hydroxylation sites is 2. The molecule has 10 aromatic rings. The average molecular weight is 1040 g/mol. The highest BCUT2D eigenvalue weighted by atomic mass is 16.5. The van der Waals surface area contributed by atoms with E-state index in [1.54, 1.807) is 0 Å². The number of anilines is 3. The molecule has 3 heteroatoms. The summed E-state index contributed by atoms with van der Waals surface area (Å²) < 4.78 is 52.6. The summed E-state index contributed by atoms with van der Waals surface area (Å²) in [6.07, 6.45) is 0. The summed E-state index contributed by atoms with van der Waals surface area (Å²) in [6.45, 7) is 27.2. The summed E-state index contributed by atoms with van der Waals surface area (Å²) in [4.78, 5) is 2.50. The molecule has 0 radical (unpaired) electrons. The van der Waals surface area contributed by atoms with Crippen molar-refractivity contribution in [2.75, 3.05) is 4.90 Å². The molecule has 0 unspecified atom stereocenters. The van der Waals surface area contributed by atoms with Gasteiger partial charge in [0.15, 0.2) is 0 Å². The molecule has 0 atom stereocenters. The van der Waals surface area contributed by atoms with Crippen molar-refractivity contribution in [3.8, 4) is 56.0 Å². The topological polar surface area (TPSA) is 12.5 Å². The molecule has 2 nitrogen and oxygen atoms in total. The maximum Gasteiger partial charge on any atom is 0.247 e. The number of benzene rings is 10. The van der Waals surface area contributed by atoms with E-state index in [4.69, 9.17) is 8.85 Å². The number of hydrogen-bond donors (Lipinski definition) is 0. The summed E-state index contributed by atoms with van der Waals surface area (Å²) in [5.41, 5.74) is 21.0. The van der Waals surface area contributed by atoms with Crippen molar-refractivity contribution in [2.24, 2.45) is 0 Å². The molecule has 3 aliphatic heterocycles. The van der Waals surface area contributed by atoms with E-state index in [9.17, 15) is 2.74 Å². The van der Waals surface area contributed by atoms with Crippen LogP contribution in [0, 0.1) is 0 Å². The Kier molecular flexibility index (Phi) is 10.5. The molecule has 3 aliphatic rings. The van der Waals surface area contributed by atoms with Crippen molar-refractivity contribution in [3.05, 3.63) is 263 Å². The standard InChI is InChI=1S/C77H72BNO/c1-73(2,3)55-40-54(41-56(44-55)74(4,5)6)52-36-38-61-66(42-52)78-65-39-37-53(49-26-16-13-17-27-49)43-67(65)79(72-59(50-28-18-14-19-29-50)45-57(75(7,8)9)46-60(72)51-30-20-15-21-31-51)68-48-58(76(10,11)12)47-64(71(68)78)77(61)62-32-22-24-34-69(62)80-70-35-25-23-33-63(70)77/h13-48H,1-12H3/i13D,16D,17D,26D,27D. The van der Waals surface area contributed by atoms with Crippen LogP contribution in [0.25, 0.3) is 44.5 Å². The first-order valence-electron chi connectivity index (χ1n) is 30.9. The number of nitrogens with zero attached hydrogens (tertiary/aromatic N) is 1. The Morgan fingerprint density at radius 1 is 0.375 bits per heavy atom. The highest BCUT2D eigenvalue weighted by molar-refractivity contribution is 6.99. The second-order valence-electron chi connectivity index (χ2n) is 26.6. The van der Waals surface area contributed by atoms with Crippen LogP contribution in [0.1, 0.15) is 134 Å². The van der Waals surface area contributed by atoms with Crippen molar-refractivity contribution in [2.45, 2.75) is 110 Å². The van der Waals surface area contributed by atoms with Gasteiger partial charge in [-0.05, 0) is 136 Å². The first-order chi connectivity index (χ1) is 40.3. The zero-order valence-corrected chi connectivity index (χ0v) is 48.3. The van der Waals surface area contributed by atoms with Gasteiger partial charge >= 0.3 is 0 Å². The monoisotopic (exact) mass is 1040 g/mol. The van der Waals surface area contributed by atoms with E-state index in [1.165, 1.54) is 27.7 Å². The van der Waals surface area contributed by atoms with E-state index in [1.807, 2.05) is 6.07 Å². The molecule has 394 valence electrons. The molecule has 0 saturated carbocycles. The molecular weight excluding hydrogens is 966 g/mol. The Labute approximate surface area is 483 Å². The Hall–Kier alpha value is -8.14. The van der Waals surface area contributed by atoms with E-state index >= 15 is 0 Å². The maximum absolute atomic E-state index is 9.47. The van der Waals surface area contributed by atoms with Gasteiger partial charge in [-0.2, -0.15) is 0 Å². The highest BCUT2D eigenvalue weighted by Crippen LogP contribution is 2.59. The fourth-order valence-electron chi connectivity index (χ4n) is 12.9. The fraction of sp³-hybridized carbons (Fsp3) is 0.221. The molecular formula is C77H72BNO. The van der Waals surface area contributed by atoms with Crippen LogP contribution in [0.15, 0.2) is 218 Å². The van der Waals surface area contributed by atoms with Crippen molar-refractivity contribution in [1.82, 2.24) is 0 Å². The Balaban J connectivity index is 1.26. The first kappa shape index (κ1) is 45.7. The van der Waals surface area contributed by atoms with Gasteiger partial charge in [-0.15, -0.1) is 0 Å². The van der Waals surface area contributed by atoms with Gasteiger partial charge in [-0.1, -0.05) is 270 Å². The number of hydrogen-bond acceptors (Lipinski definition) is 2. The lowest BCUT2D eigenvalue weighted by atomic mass is 9.29. The third-order valence-electron chi connectivity index (χ3n) is 17.3. The summed E-state index contributed by atoms with van der Waals surface area (Å²) >= 11 is 0. The fourth-order valence-corrected chi connectivity index (χ4v) is 12.9. The first-order valence-corrected chi connectivity index (χ1v) is 28.4. The van der Waals surface area contributed by atoms with Gasteiger partial charge in [-0.3, -0.25) is 0 Å². The molecule has 80 heavy (non-hydrogen) atoms. The Morgan fingerprint density at radius 3 is 1.41 bits per heavy atom. The zero-order chi connectivity index (χ0) is 60.0. The van der Waals surface area contributed by atoms with Crippen molar-refractivity contribution < 1.29 is 11.6 Å². The molecule has 0 bridgehead atoms. The van der Waals surface area contributed by atoms with Gasteiger partial charge in [0, 0.05) is 33.6 Å². The predicted molar refractivity (Wildman–Crippen MR) is 341 cm³/mol. The van der Waals surface area contributed by atoms with Crippen LogP contribution >= 0.6 is 0 Å². The largest absolute Gasteiger partial charge is 0.457 e. The van der Waals surface area contributed by atoms with Crippen LogP contribution in [-0.4, -0.2) is 6.71 Å². The normalized spacial score (nSPS) is 15.0. The molecule has 10 aromatic carbocycles. The molecule has 13 rings (SSSR count). The van der Waals surface area contributed by atoms with E-state index in [0.29, 0.717) is 5.56 Å². The minimum atomic E-state index is -0.887. The summed E-state index contributed by atoms with van der Waals surface area (Å²) in [6, 6.07) is 67.5. The number of fused-ring (bicyclic) bond motifs is 10. The molecule has 3 heterocycles. The molecule has 0 aliphatic carbocycles. The summed E-state index contributed by atoms with van der Waals surface area (Å²) in [5, 5.41) is 0. The van der Waals surface area contributed by atoms with Crippen molar-refractivity contribution in [1.29, 1.82) is 0 Å². The summed E-state index contributed by atoms with van der Waals surface area (Å²) in [5.74, 6) is 1.62. The average Bonchev–Trinajstić information content (AvgIpc) is 0.689. The Morgan fingerprint density at radius 2 is 0.863 bits per heavy atom. The van der Waals surface area contributed by atoms with Gasteiger partial charge in [-0.25, -0.2) is 0 Å². The minimum Gasteiger partial charge on any atom is -0.457 e. The lowest BCUT2D eigenvalue weighted by molar-refractivity contribution is 0.435. The quantitative estimate of drug-likeness (QED) is 0.159. The van der Waals surface area contributed by atoms with Crippen molar-refractivity contribution in [3.63, 3.8) is 0 Å². The van der Waals surface area contributed by atoms with E-state index < -0.39 is 11.5 Å². The lowest BCUT2D eigenvalue weighted by Gasteiger charge is -2.51. The van der Waals surface area contributed by atoms with Crippen LogP contribution in [0.5, 0.6) is 11.5 Å². The van der Waals surface area contributed by atoms with Gasteiger partial charge in [0.05, 0.1) is 18.0 Å². The van der Waals surface area contributed by atoms with E-state index in [2.05, 4.69) is 270 Å². The SMILES string of the molecule is [2H]c1c([2H])c([2H])c(-c2ccc3c(c2)N(c2c(-c4ccccc4)cc(C(C)(C)C)cc2-c2ccccc2)c2cc(C(C)(C)C)cc4c2B3c2cc(-c3cc(C(C)(C)C)cc(C(C)(C)C)c3)ccc2C42c3ccccc3Oc3ccccc32)c([2H])c1[2H]. The molecule has 0 N–H and O–H groups in total. The minimum absolute atomic E-state index is 0.117. The third kappa shape index (κ3) is 8.29. The maximum atomic E-state index is 9.47. The van der Waals surface area contributed by atoms with Crippen LogP contribution < -0.4 is 26.0 Å². The second-order valence-corrected chi connectivity index (χ2v) is 26.6. The van der Waals surface area contributed by atoms with Gasteiger partial charge in [0.1, 0.15) is 11.5 Å². The molecule has 0 amide bonds. The molecule has 0 fully saturated rings. The second kappa shape index (κ2) is 18.5. The van der Waals surface area contributed by atoms with E-state index in [0.717, 1.165) is 95.1 Å². The van der Waals surface area contributed by atoms with Crippen LogP contribution in [-0.2, 0) is 27.1 Å². The summed E-state index contributed by atoms with van der Waals surface area (Å²) in [7, 11) is 0. The van der Waals surface area contributed by atoms with Crippen LogP contribution in [0.3, 0.4) is 0 Å². The smallest absolute Gasteiger partial charge is 0.247 e. The Bertz CT molecular complexity index is 4220. The predicted octanol–water partition coefficient (Wildman–Crippen LogP) is 18.6. The van der Waals surface area contributed by atoms with E-state index in [-0.39, 0.29) is 58.1 Å².